The number of carboxylic acid groups (broad SMARTS) is 1. The van der Waals surface area contributed by atoms with Crippen molar-refractivity contribution in [2.24, 2.45) is 12.5 Å². The van der Waals surface area contributed by atoms with Gasteiger partial charge in [0.1, 0.15) is 0 Å². The molecule has 7 heteroatoms. The van der Waals surface area contributed by atoms with E-state index in [9.17, 15) is 14.7 Å². The van der Waals surface area contributed by atoms with Crippen LogP contribution >= 0.6 is 0 Å². The summed E-state index contributed by atoms with van der Waals surface area (Å²) < 4.78 is 1.72. The molecule has 2 aromatic heterocycles. The lowest BCUT2D eigenvalue weighted by Gasteiger charge is -2.21. The molecule has 1 saturated carbocycles. The third kappa shape index (κ3) is 2.49. The van der Waals surface area contributed by atoms with Gasteiger partial charge in [-0.25, -0.2) is 4.98 Å². The number of amides is 1. The van der Waals surface area contributed by atoms with E-state index in [0.717, 1.165) is 35.3 Å². The fourth-order valence-electron chi connectivity index (χ4n) is 3.70. The number of aromatic nitrogens is 3. The lowest BCUT2D eigenvalue weighted by molar-refractivity contribution is -0.147. The first-order valence-corrected chi connectivity index (χ1v) is 8.67. The Morgan fingerprint density at radius 2 is 2.08 bits per heavy atom. The van der Waals surface area contributed by atoms with Gasteiger partial charge in [0.2, 0.25) is 0 Å². The molecular formula is C18H22N4O3. The summed E-state index contributed by atoms with van der Waals surface area (Å²) in [4.78, 5) is 31.1. The Balaban J connectivity index is 1.78. The van der Waals surface area contributed by atoms with Gasteiger partial charge in [-0.1, -0.05) is 0 Å². The van der Waals surface area contributed by atoms with Crippen LogP contribution < -0.4 is 0 Å². The van der Waals surface area contributed by atoms with Gasteiger partial charge in [0, 0.05) is 31.7 Å². The van der Waals surface area contributed by atoms with Gasteiger partial charge in [-0.3, -0.25) is 14.3 Å². The summed E-state index contributed by atoms with van der Waals surface area (Å²) in [6, 6.07) is 1.90. The number of aryl methyl sites for hydroxylation is 2. The predicted octanol–water partition coefficient (Wildman–Crippen LogP) is 2.09. The molecule has 1 aliphatic carbocycles. The van der Waals surface area contributed by atoms with Crippen LogP contribution in [0.25, 0.3) is 11.0 Å². The number of hydrogen-bond acceptors (Lipinski definition) is 4. The first-order chi connectivity index (χ1) is 11.8. The highest BCUT2D eigenvalue weighted by Crippen LogP contribution is 2.41. The van der Waals surface area contributed by atoms with Crippen LogP contribution in [0.2, 0.25) is 0 Å². The highest BCUT2D eigenvalue weighted by Gasteiger charge is 2.43. The molecule has 0 bridgehead atoms. The number of carbonyl (C=O) groups is 2. The van der Waals surface area contributed by atoms with E-state index in [1.54, 1.807) is 16.5 Å². The standard InChI is InChI=1S/C18H22N4O3/c1-10-14-12(16(23)22-7-6-18(2,9-22)17(24)25)8-13(11-4-5-11)19-15(14)21(3)20-10/h8,11H,4-7,9H2,1-3H3,(H,24,25). The first kappa shape index (κ1) is 16.1. The van der Waals surface area contributed by atoms with Crippen molar-refractivity contribution in [3.63, 3.8) is 0 Å². The summed E-state index contributed by atoms with van der Waals surface area (Å²) in [6.45, 7) is 4.28. The fourth-order valence-corrected chi connectivity index (χ4v) is 3.70. The number of carboxylic acids is 1. The summed E-state index contributed by atoms with van der Waals surface area (Å²) in [5.41, 5.74) is 2.18. The van der Waals surface area contributed by atoms with Gasteiger partial charge >= 0.3 is 5.97 Å². The number of carbonyl (C=O) groups excluding carboxylic acids is 1. The van der Waals surface area contributed by atoms with Crippen LogP contribution in [0.1, 0.15) is 53.8 Å². The van der Waals surface area contributed by atoms with Gasteiger partial charge in [-0.05, 0) is 39.2 Å². The molecular weight excluding hydrogens is 320 g/mol. The molecule has 1 unspecified atom stereocenters. The number of fused-ring (bicyclic) bond motifs is 1. The van der Waals surface area contributed by atoms with Crippen LogP contribution in [0.4, 0.5) is 0 Å². The van der Waals surface area contributed by atoms with E-state index in [0.29, 0.717) is 24.4 Å². The second-order valence-electron chi connectivity index (χ2n) is 7.62. The highest BCUT2D eigenvalue weighted by atomic mass is 16.4. The van der Waals surface area contributed by atoms with Crippen LogP contribution in [0, 0.1) is 12.3 Å². The minimum atomic E-state index is -0.870. The van der Waals surface area contributed by atoms with E-state index in [4.69, 9.17) is 4.98 Å². The zero-order valence-electron chi connectivity index (χ0n) is 14.7. The molecule has 2 aliphatic rings. The molecule has 7 nitrogen and oxygen atoms in total. The molecule has 132 valence electrons. The van der Waals surface area contributed by atoms with Gasteiger partial charge in [-0.15, -0.1) is 0 Å². The van der Waals surface area contributed by atoms with E-state index >= 15 is 0 Å². The lowest BCUT2D eigenvalue weighted by atomic mass is 9.90. The Kier molecular flexibility index (Phi) is 3.39. The largest absolute Gasteiger partial charge is 0.481 e. The molecule has 2 fully saturated rings. The van der Waals surface area contributed by atoms with Crippen molar-refractivity contribution < 1.29 is 14.7 Å². The molecule has 1 atom stereocenters. The van der Waals surface area contributed by atoms with Crippen molar-refractivity contribution in [2.75, 3.05) is 13.1 Å². The predicted molar refractivity (Wildman–Crippen MR) is 91.5 cm³/mol. The number of nitrogens with zero attached hydrogens (tertiary/aromatic N) is 4. The summed E-state index contributed by atoms with van der Waals surface area (Å²) in [6.07, 6.45) is 2.68. The van der Waals surface area contributed by atoms with Crippen molar-refractivity contribution >= 4 is 22.9 Å². The summed E-state index contributed by atoms with van der Waals surface area (Å²) in [7, 11) is 1.84. The van der Waals surface area contributed by atoms with Crippen molar-refractivity contribution in [1.82, 2.24) is 19.7 Å². The third-order valence-electron chi connectivity index (χ3n) is 5.49. The normalized spacial score (nSPS) is 23.4. The SMILES string of the molecule is Cc1nn(C)c2nc(C3CC3)cc(C(=O)N3CCC(C)(C(=O)O)C3)c12. The Hall–Kier alpha value is -2.44. The Morgan fingerprint density at radius 3 is 2.68 bits per heavy atom. The quantitative estimate of drug-likeness (QED) is 0.923. The van der Waals surface area contributed by atoms with E-state index < -0.39 is 11.4 Å². The molecule has 2 aromatic rings. The molecule has 0 radical (unpaired) electrons. The zero-order chi connectivity index (χ0) is 17.9. The Bertz CT molecular complexity index is 899. The maximum absolute atomic E-state index is 13.2. The van der Waals surface area contributed by atoms with Crippen LogP contribution in [-0.2, 0) is 11.8 Å². The van der Waals surface area contributed by atoms with Crippen LogP contribution in [0.15, 0.2) is 6.07 Å². The van der Waals surface area contributed by atoms with E-state index in [-0.39, 0.29) is 12.5 Å². The summed E-state index contributed by atoms with van der Waals surface area (Å²) in [5.74, 6) is -0.539. The second kappa shape index (κ2) is 5.28. The topological polar surface area (TPSA) is 88.3 Å². The number of aliphatic carboxylic acids is 1. The van der Waals surface area contributed by atoms with Crippen LogP contribution in [-0.4, -0.2) is 49.7 Å². The summed E-state index contributed by atoms with van der Waals surface area (Å²) >= 11 is 0. The van der Waals surface area contributed by atoms with Gasteiger partial charge in [0.25, 0.3) is 5.91 Å². The number of likely N-dealkylation sites (tertiary alicyclic amines) is 1. The van der Waals surface area contributed by atoms with Gasteiger partial charge < -0.3 is 10.0 Å². The maximum Gasteiger partial charge on any atom is 0.311 e. The number of rotatable bonds is 3. The van der Waals surface area contributed by atoms with Crippen molar-refractivity contribution in [2.45, 2.75) is 39.0 Å². The van der Waals surface area contributed by atoms with Gasteiger partial charge in [0.05, 0.1) is 22.1 Å². The molecule has 1 aliphatic heterocycles. The molecule has 1 saturated heterocycles. The third-order valence-corrected chi connectivity index (χ3v) is 5.49. The molecule has 4 rings (SSSR count). The minimum absolute atomic E-state index is 0.115. The zero-order valence-corrected chi connectivity index (χ0v) is 14.7. The van der Waals surface area contributed by atoms with Crippen LogP contribution in [0.3, 0.4) is 0 Å². The van der Waals surface area contributed by atoms with Crippen molar-refractivity contribution in [1.29, 1.82) is 0 Å². The van der Waals surface area contributed by atoms with E-state index in [2.05, 4.69) is 5.10 Å². The summed E-state index contributed by atoms with van der Waals surface area (Å²) in [5, 5.41) is 14.6. The van der Waals surface area contributed by atoms with Crippen molar-refractivity contribution in [3.05, 3.63) is 23.0 Å². The van der Waals surface area contributed by atoms with E-state index in [1.807, 2.05) is 20.0 Å². The number of hydrogen-bond donors (Lipinski definition) is 1. The minimum Gasteiger partial charge on any atom is -0.481 e. The second-order valence-corrected chi connectivity index (χ2v) is 7.62. The number of pyridine rings is 1. The average Bonchev–Trinajstić information content (AvgIpc) is 3.28. The fraction of sp³-hybridized carbons (Fsp3) is 0.556. The first-order valence-electron chi connectivity index (χ1n) is 8.67. The Morgan fingerprint density at radius 1 is 1.36 bits per heavy atom. The molecule has 25 heavy (non-hydrogen) atoms. The average molecular weight is 342 g/mol. The van der Waals surface area contributed by atoms with E-state index in [1.165, 1.54) is 0 Å². The smallest absolute Gasteiger partial charge is 0.311 e. The van der Waals surface area contributed by atoms with Gasteiger partial charge in [-0.2, -0.15) is 5.10 Å². The molecule has 1 amide bonds. The highest BCUT2D eigenvalue weighted by molar-refractivity contribution is 6.07. The molecule has 0 aromatic carbocycles. The Labute approximate surface area is 145 Å². The monoisotopic (exact) mass is 342 g/mol. The lowest BCUT2D eigenvalue weighted by Crippen LogP contribution is -2.35. The molecule has 0 spiro atoms. The van der Waals surface area contributed by atoms with Crippen LogP contribution in [0.5, 0.6) is 0 Å². The molecule has 3 heterocycles. The van der Waals surface area contributed by atoms with Gasteiger partial charge in [0.15, 0.2) is 5.65 Å². The van der Waals surface area contributed by atoms with Crippen molar-refractivity contribution in [3.8, 4) is 0 Å². The molecule has 1 N–H and O–H groups in total. The maximum atomic E-state index is 13.2.